The lowest BCUT2D eigenvalue weighted by atomic mass is 10.4. The Hall–Kier alpha value is -1.47. The molecule has 0 radical (unpaired) electrons. The topological polar surface area (TPSA) is 80.9 Å². The molecule has 0 atom stereocenters. The van der Waals surface area contributed by atoms with E-state index >= 15 is 0 Å². The highest BCUT2D eigenvalue weighted by molar-refractivity contribution is 7.14. The van der Waals surface area contributed by atoms with Crippen LogP contribution in [0, 0.1) is 0 Å². The maximum absolute atomic E-state index is 10.7. The molecule has 0 saturated carbocycles. The summed E-state index contributed by atoms with van der Waals surface area (Å²) in [6, 6.07) is 0. The van der Waals surface area contributed by atoms with Crippen LogP contribution in [0.3, 0.4) is 0 Å². The van der Waals surface area contributed by atoms with Gasteiger partial charge in [0.2, 0.25) is 5.91 Å². The van der Waals surface area contributed by atoms with Gasteiger partial charge in [-0.2, -0.15) is 0 Å². The van der Waals surface area contributed by atoms with Crippen LogP contribution in [-0.4, -0.2) is 15.9 Å². The first-order valence-corrected chi connectivity index (χ1v) is 6.31. The Bertz CT molecular complexity index is 505. The first-order chi connectivity index (χ1) is 7.65. The van der Waals surface area contributed by atoms with Crippen molar-refractivity contribution in [2.75, 3.05) is 5.73 Å². The van der Waals surface area contributed by atoms with Crippen LogP contribution in [0.15, 0.2) is 10.8 Å². The fourth-order valence-corrected chi connectivity index (χ4v) is 2.40. The molecule has 0 bridgehead atoms. The molecule has 0 aliphatic rings. The summed E-state index contributed by atoms with van der Waals surface area (Å²) in [7, 11) is 0. The Balaban J connectivity index is 2.10. The number of anilines is 1. The predicted molar refractivity (Wildman–Crippen MR) is 65.2 cm³/mol. The van der Waals surface area contributed by atoms with Crippen molar-refractivity contribution in [1.29, 1.82) is 0 Å². The number of hydrogen-bond donors (Lipinski definition) is 2. The number of amides is 1. The van der Waals surface area contributed by atoms with E-state index in [2.05, 4.69) is 15.3 Å². The number of thiazole rings is 2. The number of nitrogens with one attached hydrogen (secondary N) is 1. The number of aromatic nitrogens is 2. The molecule has 0 saturated heterocycles. The molecule has 84 valence electrons. The van der Waals surface area contributed by atoms with Gasteiger partial charge in [0.1, 0.15) is 16.4 Å². The summed E-state index contributed by atoms with van der Waals surface area (Å²) in [5.41, 5.74) is 7.14. The van der Waals surface area contributed by atoms with Crippen LogP contribution in [0.2, 0.25) is 0 Å². The Labute approximate surface area is 100 Å². The smallest absolute Gasteiger partial charge is 0.217 e. The first-order valence-electron chi connectivity index (χ1n) is 4.55. The van der Waals surface area contributed by atoms with Crippen molar-refractivity contribution in [2.24, 2.45) is 0 Å². The fourth-order valence-electron chi connectivity index (χ4n) is 1.12. The summed E-state index contributed by atoms with van der Waals surface area (Å²) in [6.07, 6.45) is 0. The highest BCUT2D eigenvalue weighted by atomic mass is 32.1. The Morgan fingerprint density at radius 2 is 2.06 bits per heavy atom. The predicted octanol–water partition coefficient (Wildman–Crippen LogP) is 1.48. The van der Waals surface area contributed by atoms with Crippen molar-refractivity contribution >= 4 is 33.7 Å². The molecule has 0 fully saturated rings. The SMILES string of the molecule is CC(=O)NCc1nc(-c2csc(N)n2)cs1. The van der Waals surface area contributed by atoms with E-state index < -0.39 is 0 Å². The minimum Gasteiger partial charge on any atom is -0.375 e. The monoisotopic (exact) mass is 254 g/mol. The van der Waals surface area contributed by atoms with Crippen LogP contribution < -0.4 is 11.1 Å². The van der Waals surface area contributed by atoms with Gasteiger partial charge in [0.25, 0.3) is 0 Å². The minimum absolute atomic E-state index is 0.0605. The van der Waals surface area contributed by atoms with Crippen LogP contribution in [-0.2, 0) is 11.3 Å². The molecule has 2 rings (SSSR count). The second-order valence-corrected chi connectivity index (χ2v) is 4.94. The van der Waals surface area contributed by atoms with Crippen molar-refractivity contribution in [2.45, 2.75) is 13.5 Å². The van der Waals surface area contributed by atoms with Gasteiger partial charge in [-0.3, -0.25) is 4.79 Å². The van der Waals surface area contributed by atoms with Crippen LogP contribution >= 0.6 is 22.7 Å². The second-order valence-electron chi connectivity index (χ2n) is 3.11. The average molecular weight is 254 g/mol. The van der Waals surface area contributed by atoms with Crippen molar-refractivity contribution in [1.82, 2.24) is 15.3 Å². The van der Waals surface area contributed by atoms with Gasteiger partial charge in [-0.15, -0.1) is 22.7 Å². The lowest BCUT2D eigenvalue weighted by molar-refractivity contribution is -0.119. The normalized spacial score (nSPS) is 10.3. The summed E-state index contributed by atoms with van der Waals surface area (Å²) in [4.78, 5) is 19.2. The number of carbonyl (C=O) groups is 1. The molecule has 2 aromatic rings. The van der Waals surface area contributed by atoms with E-state index in [-0.39, 0.29) is 5.91 Å². The average Bonchev–Trinajstić information content (AvgIpc) is 2.83. The van der Waals surface area contributed by atoms with Crippen molar-refractivity contribution in [3.05, 3.63) is 15.8 Å². The highest BCUT2D eigenvalue weighted by Crippen LogP contribution is 2.24. The molecule has 0 aromatic carbocycles. The molecule has 5 nitrogen and oxygen atoms in total. The molecule has 1 amide bonds. The van der Waals surface area contributed by atoms with Crippen LogP contribution in [0.1, 0.15) is 11.9 Å². The quantitative estimate of drug-likeness (QED) is 0.869. The standard InChI is InChI=1S/C9H10N4OS2/c1-5(14)11-2-8-12-6(3-15-8)7-4-16-9(10)13-7/h3-4H,2H2,1H3,(H2,10,13)(H,11,14). The molecular formula is C9H10N4OS2. The van der Waals surface area contributed by atoms with Gasteiger partial charge >= 0.3 is 0 Å². The van der Waals surface area contributed by atoms with E-state index in [9.17, 15) is 4.79 Å². The van der Waals surface area contributed by atoms with E-state index in [0.717, 1.165) is 16.4 Å². The molecule has 16 heavy (non-hydrogen) atoms. The molecule has 3 N–H and O–H groups in total. The molecule has 0 unspecified atom stereocenters. The van der Waals surface area contributed by atoms with Gasteiger partial charge in [0.05, 0.1) is 6.54 Å². The van der Waals surface area contributed by atoms with E-state index in [1.165, 1.54) is 29.6 Å². The van der Waals surface area contributed by atoms with E-state index in [0.29, 0.717) is 11.7 Å². The number of nitrogens with zero attached hydrogens (tertiary/aromatic N) is 2. The fraction of sp³-hybridized carbons (Fsp3) is 0.222. The van der Waals surface area contributed by atoms with Gasteiger partial charge in [0.15, 0.2) is 5.13 Å². The zero-order valence-electron chi connectivity index (χ0n) is 8.56. The van der Waals surface area contributed by atoms with Crippen LogP contribution in [0.25, 0.3) is 11.4 Å². The number of hydrogen-bond acceptors (Lipinski definition) is 6. The Kier molecular flexibility index (Phi) is 3.16. The van der Waals surface area contributed by atoms with Crippen molar-refractivity contribution in [3.63, 3.8) is 0 Å². The van der Waals surface area contributed by atoms with E-state index in [1.807, 2.05) is 10.8 Å². The summed E-state index contributed by atoms with van der Waals surface area (Å²) in [5, 5.41) is 7.87. The molecule has 0 spiro atoms. The maximum atomic E-state index is 10.7. The van der Waals surface area contributed by atoms with Gasteiger partial charge in [-0.25, -0.2) is 9.97 Å². The number of nitrogens with two attached hydrogens (primary N) is 1. The molecule has 2 aromatic heterocycles. The molecule has 7 heteroatoms. The zero-order chi connectivity index (χ0) is 11.5. The van der Waals surface area contributed by atoms with E-state index in [1.54, 1.807) is 0 Å². The van der Waals surface area contributed by atoms with Crippen LogP contribution in [0.5, 0.6) is 0 Å². The molecule has 0 aliphatic heterocycles. The summed E-state index contributed by atoms with van der Waals surface area (Å²) < 4.78 is 0. The van der Waals surface area contributed by atoms with Crippen molar-refractivity contribution in [3.8, 4) is 11.4 Å². The van der Waals surface area contributed by atoms with Gasteiger partial charge in [0, 0.05) is 17.7 Å². The van der Waals surface area contributed by atoms with Crippen molar-refractivity contribution < 1.29 is 4.79 Å². The summed E-state index contributed by atoms with van der Waals surface area (Å²) in [6.45, 7) is 1.94. The summed E-state index contributed by atoms with van der Waals surface area (Å²) >= 11 is 2.88. The number of nitrogen functional groups attached to an aromatic ring is 1. The maximum Gasteiger partial charge on any atom is 0.217 e. The first kappa shape index (κ1) is 11.0. The van der Waals surface area contributed by atoms with Gasteiger partial charge < -0.3 is 11.1 Å². The molecular weight excluding hydrogens is 244 g/mol. The number of rotatable bonds is 3. The number of carbonyl (C=O) groups excluding carboxylic acids is 1. The lowest BCUT2D eigenvalue weighted by Gasteiger charge is -1.95. The third-order valence-electron chi connectivity index (χ3n) is 1.82. The van der Waals surface area contributed by atoms with Gasteiger partial charge in [-0.1, -0.05) is 0 Å². The van der Waals surface area contributed by atoms with E-state index in [4.69, 9.17) is 5.73 Å². The minimum atomic E-state index is -0.0605. The van der Waals surface area contributed by atoms with Gasteiger partial charge in [-0.05, 0) is 0 Å². The summed E-state index contributed by atoms with van der Waals surface area (Å²) in [5.74, 6) is -0.0605. The molecule has 0 aliphatic carbocycles. The Morgan fingerprint density at radius 3 is 2.69 bits per heavy atom. The second kappa shape index (κ2) is 4.58. The lowest BCUT2D eigenvalue weighted by Crippen LogP contribution is -2.18. The largest absolute Gasteiger partial charge is 0.375 e. The zero-order valence-corrected chi connectivity index (χ0v) is 10.2. The van der Waals surface area contributed by atoms with Crippen LogP contribution in [0.4, 0.5) is 5.13 Å². The molecule has 2 heterocycles. The third-order valence-corrected chi connectivity index (χ3v) is 3.35. The highest BCUT2D eigenvalue weighted by Gasteiger charge is 2.07. The third kappa shape index (κ3) is 2.56. The Morgan fingerprint density at radius 1 is 1.38 bits per heavy atom.